The fourth-order valence-corrected chi connectivity index (χ4v) is 2.66. The molecule has 82 valence electrons. The van der Waals surface area contributed by atoms with Crippen LogP contribution in [0.5, 0.6) is 0 Å². The minimum Gasteiger partial charge on any atom is -0.377 e. The maximum atomic E-state index is 13.5. The highest BCUT2D eigenvalue weighted by molar-refractivity contribution is 5.11. The van der Waals surface area contributed by atoms with Crippen LogP contribution in [0, 0.1) is 5.92 Å². The Labute approximate surface area is 85.4 Å². The van der Waals surface area contributed by atoms with E-state index < -0.39 is 6.17 Å². The lowest BCUT2D eigenvalue weighted by atomic mass is 9.78. The molecule has 2 rings (SSSR count). The Bertz CT molecular complexity index is 221. The van der Waals surface area contributed by atoms with Gasteiger partial charge < -0.3 is 4.74 Å². The smallest absolute Gasteiger partial charge is 0.117 e. The summed E-state index contributed by atoms with van der Waals surface area (Å²) in [7, 11) is 0. The van der Waals surface area contributed by atoms with Crippen molar-refractivity contribution in [2.75, 3.05) is 19.7 Å². The molecule has 0 saturated carbocycles. The first-order valence-electron chi connectivity index (χ1n) is 5.57. The third-order valence-corrected chi connectivity index (χ3v) is 3.90. The van der Waals surface area contributed by atoms with Gasteiger partial charge >= 0.3 is 0 Å². The molecule has 0 spiro atoms. The summed E-state index contributed by atoms with van der Waals surface area (Å²) < 4.78 is 19.2. The van der Waals surface area contributed by atoms with Gasteiger partial charge in [-0.3, -0.25) is 4.90 Å². The molecule has 14 heavy (non-hydrogen) atoms. The van der Waals surface area contributed by atoms with Gasteiger partial charge in [-0.15, -0.1) is 0 Å². The van der Waals surface area contributed by atoms with Gasteiger partial charge in [-0.2, -0.15) is 0 Å². The zero-order chi connectivity index (χ0) is 10.3. The molecule has 0 aromatic rings. The molecule has 0 unspecified atom stereocenters. The van der Waals surface area contributed by atoms with Crippen molar-refractivity contribution in [3.63, 3.8) is 0 Å². The minimum absolute atomic E-state index is 0.0314. The molecule has 0 amide bonds. The topological polar surface area (TPSA) is 12.5 Å². The predicted molar refractivity (Wildman–Crippen MR) is 54.1 cm³/mol. The quantitative estimate of drug-likeness (QED) is 0.691. The van der Waals surface area contributed by atoms with Crippen LogP contribution in [0.3, 0.4) is 0 Å². The average Bonchev–Trinajstić information content (AvgIpc) is 2.25. The normalized spacial score (nSPS) is 42.6. The zero-order valence-corrected chi connectivity index (χ0v) is 9.29. The molecule has 2 nitrogen and oxygen atoms in total. The highest BCUT2D eigenvalue weighted by Crippen LogP contribution is 2.46. The summed E-state index contributed by atoms with van der Waals surface area (Å²) in [6.45, 7) is 8.45. The van der Waals surface area contributed by atoms with Gasteiger partial charge in [0, 0.05) is 19.0 Å². The van der Waals surface area contributed by atoms with Crippen molar-refractivity contribution in [3.05, 3.63) is 0 Å². The molecule has 2 aliphatic heterocycles. The third-order valence-electron chi connectivity index (χ3n) is 3.90. The summed E-state index contributed by atoms with van der Waals surface area (Å²) in [5.74, 6) is 0.134. The molecular formula is C11H20FNO. The summed E-state index contributed by atoms with van der Waals surface area (Å²) in [4.78, 5) is 2.25. The van der Waals surface area contributed by atoms with Gasteiger partial charge in [0.1, 0.15) is 6.17 Å². The number of hydrogen-bond donors (Lipinski definition) is 0. The monoisotopic (exact) mass is 201 g/mol. The van der Waals surface area contributed by atoms with Crippen molar-refractivity contribution in [2.45, 2.75) is 45.0 Å². The van der Waals surface area contributed by atoms with Gasteiger partial charge in [-0.05, 0) is 20.3 Å². The highest BCUT2D eigenvalue weighted by atomic mass is 19.1. The van der Waals surface area contributed by atoms with E-state index in [1.165, 1.54) is 0 Å². The second-order valence-corrected chi connectivity index (χ2v) is 4.96. The molecule has 2 saturated heterocycles. The van der Waals surface area contributed by atoms with E-state index in [4.69, 9.17) is 4.74 Å². The fourth-order valence-electron chi connectivity index (χ4n) is 2.66. The van der Waals surface area contributed by atoms with E-state index in [1.54, 1.807) is 0 Å². The van der Waals surface area contributed by atoms with Gasteiger partial charge in [0.05, 0.1) is 18.2 Å². The van der Waals surface area contributed by atoms with Crippen LogP contribution in [0.4, 0.5) is 4.39 Å². The summed E-state index contributed by atoms with van der Waals surface area (Å²) >= 11 is 0. The number of rotatable bonds is 3. The number of fused-ring (bicyclic) bond motifs is 1. The summed E-state index contributed by atoms with van der Waals surface area (Å²) in [6.07, 6.45) is 0.687. The van der Waals surface area contributed by atoms with Crippen LogP contribution in [-0.2, 0) is 4.74 Å². The van der Waals surface area contributed by atoms with E-state index in [1.807, 2.05) is 20.8 Å². The van der Waals surface area contributed by atoms with E-state index in [0.29, 0.717) is 13.2 Å². The maximum absolute atomic E-state index is 13.5. The lowest BCUT2D eigenvalue weighted by molar-refractivity contribution is -0.0830. The number of ether oxygens (including phenoxy) is 1. The Hall–Kier alpha value is -0.150. The van der Waals surface area contributed by atoms with Crippen molar-refractivity contribution >= 4 is 0 Å². The second kappa shape index (κ2) is 3.46. The lowest BCUT2D eigenvalue weighted by Crippen LogP contribution is -2.61. The lowest BCUT2D eigenvalue weighted by Gasteiger charge is -2.50. The van der Waals surface area contributed by atoms with Crippen LogP contribution >= 0.6 is 0 Å². The molecule has 3 atom stereocenters. The molecule has 2 fully saturated rings. The Morgan fingerprint density at radius 3 is 2.71 bits per heavy atom. The molecule has 0 aliphatic carbocycles. The van der Waals surface area contributed by atoms with Gasteiger partial charge in [0.25, 0.3) is 0 Å². The van der Waals surface area contributed by atoms with Crippen LogP contribution in [0.2, 0.25) is 0 Å². The first-order valence-corrected chi connectivity index (χ1v) is 5.57. The average molecular weight is 201 g/mol. The molecule has 3 heteroatoms. The SMILES string of the molecule is CC(C)OC[C@]12CCN1C[C@H](F)[C@H]2C. The minimum atomic E-state index is -0.659. The van der Waals surface area contributed by atoms with Crippen LogP contribution in [0.1, 0.15) is 27.2 Å². The molecule has 2 heterocycles. The molecule has 0 bridgehead atoms. The summed E-state index contributed by atoms with van der Waals surface area (Å²) in [5.41, 5.74) is 0.0314. The van der Waals surface area contributed by atoms with Crippen LogP contribution in [0.15, 0.2) is 0 Å². The molecule has 0 N–H and O–H groups in total. The first kappa shape index (κ1) is 10.4. The Kier molecular flexibility index (Phi) is 2.56. The van der Waals surface area contributed by atoms with Crippen LogP contribution < -0.4 is 0 Å². The zero-order valence-electron chi connectivity index (χ0n) is 9.29. The van der Waals surface area contributed by atoms with Gasteiger partial charge in [0.15, 0.2) is 0 Å². The number of halogens is 1. The van der Waals surface area contributed by atoms with E-state index in [-0.39, 0.29) is 17.6 Å². The number of nitrogens with zero attached hydrogens (tertiary/aromatic N) is 1. The van der Waals surface area contributed by atoms with Crippen molar-refractivity contribution < 1.29 is 9.13 Å². The Morgan fingerprint density at radius 1 is 1.57 bits per heavy atom. The fraction of sp³-hybridized carbons (Fsp3) is 1.00. The standard InChI is InChI=1S/C11H20FNO/c1-8(2)14-7-11-4-5-13(11)6-10(12)9(11)3/h8-10H,4-7H2,1-3H3/t9-,10+,11+/m1/s1. The Balaban J connectivity index is 2.00. The third kappa shape index (κ3) is 1.38. The van der Waals surface area contributed by atoms with E-state index in [0.717, 1.165) is 13.0 Å². The number of hydrogen-bond acceptors (Lipinski definition) is 2. The van der Waals surface area contributed by atoms with Crippen molar-refractivity contribution in [1.82, 2.24) is 4.90 Å². The highest BCUT2D eigenvalue weighted by Gasteiger charge is 2.57. The summed E-state index contributed by atoms with van der Waals surface area (Å²) in [6, 6.07) is 0. The Morgan fingerprint density at radius 2 is 2.29 bits per heavy atom. The predicted octanol–water partition coefficient (Wildman–Crippen LogP) is 1.84. The number of alkyl halides is 1. The first-order chi connectivity index (χ1) is 6.56. The van der Waals surface area contributed by atoms with Crippen LogP contribution in [-0.4, -0.2) is 42.4 Å². The van der Waals surface area contributed by atoms with E-state index in [2.05, 4.69) is 4.90 Å². The molecule has 0 radical (unpaired) electrons. The van der Waals surface area contributed by atoms with Gasteiger partial charge in [0.2, 0.25) is 0 Å². The summed E-state index contributed by atoms with van der Waals surface area (Å²) in [5, 5.41) is 0. The molecule has 2 aliphatic rings. The second-order valence-electron chi connectivity index (χ2n) is 4.96. The van der Waals surface area contributed by atoms with E-state index >= 15 is 0 Å². The molecule has 0 aromatic carbocycles. The largest absolute Gasteiger partial charge is 0.377 e. The van der Waals surface area contributed by atoms with Gasteiger partial charge in [-0.25, -0.2) is 4.39 Å². The van der Waals surface area contributed by atoms with Crippen molar-refractivity contribution in [2.24, 2.45) is 5.92 Å². The molecule has 0 aromatic heterocycles. The van der Waals surface area contributed by atoms with Crippen molar-refractivity contribution in [3.8, 4) is 0 Å². The van der Waals surface area contributed by atoms with E-state index in [9.17, 15) is 4.39 Å². The van der Waals surface area contributed by atoms with Crippen LogP contribution in [0.25, 0.3) is 0 Å². The maximum Gasteiger partial charge on any atom is 0.117 e. The van der Waals surface area contributed by atoms with Gasteiger partial charge in [-0.1, -0.05) is 6.92 Å². The van der Waals surface area contributed by atoms with Crippen molar-refractivity contribution in [1.29, 1.82) is 0 Å². The molecular weight excluding hydrogens is 181 g/mol.